The molecule has 0 unspecified atom stereocenters. The van der Waals surface area contributed by atoms with Gasteiger partial charge in [-0.05, 0) is 117 Å². The molecule has 62 heavy (non-hydrogen) atoms. The van der Waals surface area contributed by atoms with Gasteiger partial charge in [-0.2, -0.15) is 0 Å². The van der Waals surface area contributed by atoms with E-state index in [1.54, 1.807) is 0 Å². The van der Waals surface area contributed by atoms with Crippen LogP contribution < -0.4 is 0 Å². The highest BCUT2D eigenvalue weighted by Crippen LogP contribution is 2.53. The van der Waals surface area contributed by atoms with E-state index in [-0.39, 0.29) is 10.8 Å². The van der Waals surface area contributed by atoms with Crippen LogP contribution in [0.5, 0.6) is 0 Å². The van der Waals surface area contributed by atoms with E-state index in [1.165, 1.54) is 111 Å². The number of benzene rings is 9. The third-order valence-electron chi connectivity index (χ3n) is 13.8. The van der Waals surface area contributed by atoms with Gasteiger partial charge in [0, 0.05) is 10.8 Å². The second-order valence-electron chi connectivity index (χ2n) is 18.1. The molecule has 0 nitrogen and oxygen atoms in total. The zero-order valence-corrected chi connectivity index (χ0v) is 35.8. The van der Waals surface area contributed by atoms with E-state index in [4.69, 9.17) is 0 Å². The molecule has 2 aliphatic carbocycles. The van der Waals surface area contributed by atoms with Crippen molar-refractivity contribution in [3.63, 3.8) is 0 Å². The van der Waals surface area contributed by atoms with Gasteiger partial charge in [0.15, 0.2) is 0 Å². The van der Waals surface area contributed by atoms with E-state index in [9.17, 15) is 0 Å². The fourth-order valence-electron chi connectivity index (χ4n) is 10.4. The van der Waals surface area contributed by atoms with Crippen LogP contribution in [0.25, 0.3) is 78.4 Å². The maximum absolute atomic E-state index is 2.36. The van der Waals surface area contributed by atoms with Gasteiger partial charge in [-0.3, -0.25) is 0 Å². The van der Waals surface area contributed by atoms with Crippen LogP contribution in [0.2, 0.25) is 0 Å². The summed E-state index contributed by atoms with van der Waals surface area (Å²) in [6.07, 6.45) is 2.36. The molecule has 0 heterocycles. The predicted octanol–water partition coefficient (Wildman–Crippen LogP) is 16.6. The lowest BCUT2D eigenvalue weighted by Gasteiger charge is -2.21. The zero-order chi connectivity index (χ0) is 42.0. The standard InChI is InChI=1S/C62H48/c1-61(2)55-20-10-8-16-52(55)59-50(18-12-22-57(59)61)46-26-24-41(25-27-46)40-54(48-34-32-45(33-35-48)44-30-28-43(29-31-44)42-14-6-5-7-15-42)49-38-36-47(37-39-49)51-19-13-23-58-60(51)53-17-9-11-21-56(53)62(58,3)4/h5-40H,1-4H3/b54-40+. The molecule has 0 aromatic heterocycles. The Morgan fingerprint density at radius 2 is 0.629 bits per heavy atom. The SMILES string of the molecule is CC1(C)c2ccccc2-c2c(-c3ccc(/C=C(\c4ccc(-c5ccc(-c6ccccc6)cc5)cc4)c4ccc(-c5cccc6c5-c5ccccc5C6(C)C)cc4)cc3)cccc21. The molecule has 0 bridgehead atoms. The first kappa shape index (κ1) is 37.7. The maximum atomic E-state index is 2.36. The van der Waals surface area contributed by atoms with Crippen LogP contribution in [0.4, 0.5) is 0 Å². The molecule has 0 heteroatoms. The van der Waals surface area contributed by atoms with E-state index >= 15 is 0 Å². The molecule has 0 fully saturated rings. The molecule has 9 aromatic rings. The highest BCUT2D eigenvalue weighted by atomic mass is 14.4. The Morgan fingerprint density at radius 1 is 0.290 bits per heavy atom. The molecule has 296 valence electrons. The Hall–Kier alpha value is -7.28. The first-order valence-electron chi connectivity index (χ1n) is 21.9. The predicted molar refractivity (Wildman–Crippen MR) is 263 cm³/mol. The number of rotatable bonds is 7. The lowest BCUT2D eigenvalue weighted by Crippen LogP contribution is -2.14. The third-order valence-corrected chi connectivity index (χ3v) is 13.8. The summed E-state index contributed by atoms with van der Waals surface area (Å²) in [5.74, 6) is 0. The highest BCUT2D eigenvalue weighted by Gasteiger charge is 2.37. The first-order valence-corrected chi connectivity index (χ1v) is 21.9. The Bertz CT molecular complexity index is 3160. The molecule has 0 N–H and O–H groups in total. The minimum absolute atomic E-state index is 0.0299. The van der Waals surface area contributed by atoms with E-state index < -0.39 is 0 Å². The monoisotopic (exact) mass is 792 g/mol. The summed E-state index contributed by atoms with van der Waals surface area (Å²) < 4.78 is 0. The molecule has 0 amide bonds. The lowest BCUT2D eigenvalue weighted by atomic mass is 9.82. The van der Waals surface area contributed by atoms with Crippen LogP contribution in [0.1, 0.15) is 66.6 Å². The molecule has 11 rings (SSSR count). The van der Waals surface area contributed by atoms with E-state index in [2.05, 4.69) is 246 Å². The first-order chi connectivity index (χ1) is 30.3. The van der Waals surface area contributed by atoms with Crippen molar-refractivity contribution >= 4 is 11.6 Å². The quantitative estimate of drug-likeness (QED) is 0.141. The van der Waals surface area contributed by atoms with Crippen molar-refractivity contribution < 1.29 is 0 Å². The van der Waals surface area contributed by atoms with Crippen molar-refractivity contribution in [3.8, 4) is 66.8 Å². The minimum atomic E-state index is -0.0366. The van der Waals surface area contributed by atoms with Crippen LogP contribution in [0, 0.1) is 0 Å². The fraction of sp³-hybridized carbons (Fsp3) is 0.0968. The summed E-state index contributed by atoms with van der Waals surface area (Å²) in [6, 6.07) is 78.5. The summed E-state index contributed by atoms with van der Waals surface area (Å²) in [4.78, 5) is 0. The highest BCUT2D eigenvalue weighted by molar-refractivity contribution is 5.96. The Kier molecular flexibility index (Phi) is 8.95. The average molecular weight is 793 g/mol. The lowest BCUT2D eigenvalue weighted by molar-refractivity contribution is 0.660. The normalized spacial score (nSPS) is 14.2. The minimum Gasteiger partial charge on any atom is -0.0622 e. The van der Waals surface area contributed by atoms with Crippen molar-refractivity contribution in [1.82, 2.24) is 0 Å². The second kappa shape index (κ2) is 14.7. The number of fused-ring (bicyclic) bond motifs is 6. The average Bonchev–Trinajstić information content (AvgIpc) is 3.71. The molecule has 0 aliphatic heterocycles. The molecule has 0 spiro atoms. The fourth-order valence-corrected chi connectivity index (χ4v) is 10.4. The molecule has 0 saturated carbocycles. The van der Waals surface area contributed by atoms with Crippen molar-refractivity contribution in [3.05, 3.63) is 251 Å². The summed E-state index contributed by atoms with van der Waals surface area (Å²) >= 11 is 0. The van der Waals surface area contributed by atoms with Gasteiger partial charge >= 0.3 is 0 Å². The van der Waals surface area contributed by atoms with Crippen LogP contribution in [-0.4, -0.2) is 0 Å². The Balaban J connectivity index is 0.971. The topological polar surface area (TPSA) is 0 Å². The summed E-state index contributed by atoms with van der Waals surface area (Å²) in [7, 11) is 0. The molecule has 0 radical (unpaired) electrons. The molecular formula is C62H48. The van der Waals surface area contributed by atoms with Gasteiger partial charge in [0.1, 0.15) is 0 Å². The van der Waals surface area contributed by atoms with Crippen molar-refractivity contribution in [2.24, 2.45) is 0 Å². The molecule has 2 aliphatic rings. The molecule has 0 atom stereocenters. The van der Waals surface area contributed by atoms with Crippen LogP contribution in [-0.2, 0) is 10.8 Å². The van der Waals surface area contributed by atoms with Gasteiger partial charge in [0.25, 0.3) is 0 Å². The van der Waals surface area contributed by atoms with Crippen LogP contribution in [0.3, 0.4) is 0 Å². The Morgan fingerprint density at radius 3 is 1.10 bits per heavy atom. The summed E-state index contributed by atoms with van der Waals surface area (Å²) in [5.41, 5.74) is 25.6. The largest absolute Gasteiger partial charge is 0.0622 e. The molecule has 0 saturated heterocycles. The van der Waals surface area contributed by atoms with Gasteiger partial charge < -0.3 is 0 Å². The summed E-state index contributed by atoms with van der Waals surface area (Å²) in [5, 5.41) is 0. The number of hydrogen-bond acceptors (Lipinski definition) is 0. The van der Waals surface area contributed by atoms with Gasteiger partial charge in [-0.25, -0.2) is 0 Å². The zero-order valence-electron chi connectivity index (χ0n) is 35.8. The summed E-state index contributed by atoms with van der Waals surface area (Å²) in [6.45, 7) is 9.41. The Labute approximate surface area is 366 Å². The van der Waals surface area contributed by atoms with Crippen LogP contribution in [0.15, 0.2) is 212 Å². The van der Waals surface area contributed by atoms with Gasteiger partial charge in [-0.15, -0.1) is 0 Å². The van der Waals surface area contributed by atoms with Crippen molar-refractivity contribution in [1.29, 1.82) is 0 Å². The second-order valence-corrected chi connectivity index (χ2v) is 18.1. The molecule has 9 aromatic carbocycles. The maximum Gasteiger partial charge on any atom is 0.0159 e. The third kappa shape index (κ3) is 6.21. The van der Waals surface area contributed by atoms with Gasteiger partial charge in [0.2, 0.25) is 0 Å². The van der Waals surface area contributed by atoms with Crippen molar-refractivity contribution in [2.75, 3.05) is 0 Å². The smallest absolute Gasteiger partial charge is 0.0159 e. The van der Waals surface area contributed by atoms with E-state index in [0.29, 0.717) is 0 Å². The number of hydrogen-bond donors (Lipinski definition) is 0. The van der Waals surface area contributed by atoms with E-state index in [0.717, 1.165) is 0 Å². The van der Waals surface area contributed by atoms with E-state index in [1.807, 2.05) is 0 Å². The van der Waals surface area contributed by atoms with Crippen LogP contribution >= 0.6 is 0 Å². The molecular weight excluding hydrogens is 745 g/mol. The van der Waals surface area contributed by atoms with Crippen molar-refractivity contribution in [2.45, 2.75) is 38.5 Å². The van der Waals surface area contributed by atoms with Gasteiger partial charge in [0.05, 0.1) is 0 Å². The van der Waals surface area contributed by atoms with Gasteiger partial charge in [-0.1, -0.05) is 240 Å².